The average Bonchev–Trinajstić information content (AvgIpc) is 2.26. The van der Waals surface area contributed by atoms with Crippen molar-refractivity contribution in [3.8, 4) is 0 Å². The van der Waals surface area contributed by atoms with Crippen LogP contribution in [0.2, 0.25) is 0 Å². The van der Waals surface area contributed by atoms with E-state index in [1.807, 2.05) is 13.0 Å². The highest BCUT2D eigenvalue weighted by Gasteiger charge is 1.94. The first-order valence-electron chi connectivity index (χ1n) is 5.85. The van der Waals surface area contributed by atoms with Gasteiger partial charge in [0.2, 0.25) is 0 Å². The number of aliphatic hydroxyl groups is 1. The van der Waals surface area contributed by atoms with Gasteiger partial charge < -0.3 is 9.84 Å². The lowest BCUT2D eigenvalue weighted by Gasteiger charge is -2.05. The minimum atomic E-state index is -0.675. The molecule has 0 aliphatic rings. The minimum absolute atomic E-state index is 0.192. The zero-order valence-corrected chi connectivity index (χ0v) is 9.62. The van der Waals surface area contributed by atoms with Crippen LogP contribution in [0.1, 0.15) is 51.9 Å². The van der Waals surface area contributed by atoms with Crippen molar-refractivity contribution < 1.29 is 14.2 Å². The van der Waals surface area contributed by atoms with Crippen molar-refractivity contribution in [3.05, 3.63) is 12.3 Å². The lowest BCUT2D eigenvalue weighted by atomic mass is 10.1. The molecule has 0 aromatic heterocycles. The topological polar surface area (TPSA) is 29.5 Å². The van der Waals surface area contributed by atoms with Gasteiger partial charge in [-0.05, 0) is 25.3 Å². The number of ether oxygens (including phenoxy) is 1. The van der Waals surface area contributed by atoms with E-state index in [0.717, 1.165) is 32.1 Å². The molecule has 90 valence electrons. The highest BCUT2D eigenvalue weighted by molar-refractivity contribution is 4.73. The molecule has 0 aliphatic heterocycles. The molecule has 0 aromatic carbocycles. The van der Waals surface area contributed by atoms with Gasteiger partial charge in [-0.2, -0.15) is 0 Å². The third kappa shape index (κ3) is 11.4. The van der Waals surface area contributed by atoms with Gasteiger partial charge >= 0.3 is 0 Å². The molecule has 1 atom stereocenters. The Kier molecular flexibility index (Phi) is 11.1. The number of rotatable bonds is 10. The van der Waals surface area contributed by atoms with E-state index >= 15 is 0 Å². The average molecular weight is 218 g/mol. The Balaban J connectivity index is 3.09. The zero-order valence-electron chi connectivity index (χ0n) is 9.62. The second-order valence-electron chi connectivity index (χ2n) is 3.62. The van der Waals surface area contributed by atoms with Crippen molar-refractivity contribution in [2.75, 3.05) is 6.67 Å². The van der Waals surface area contributed by atoms with Crippen LogP contribution in [-0.4, -0.2) is 18.1 Å². The Morgan fingerprint density at radius 1 is 1.20 bits per heavy atom. The Bertz CT molecular complexity index is 149. The Morgan fingerprint density at radius 3 is 2.53 bits per heavy atom. The fourth-order valence-electron chi connectivity index (χ4n) is 1.20. The Hall–Kier alpha value is -0.570. The van der Waals surface area contributed by atoms with Gasteiger partial charge in [-0.15, -0.1) is 0 Å². The lowest BCUT2D eigenvalue weighted by Crippen LogP contribution is -2.04. The number of alkyl halides is 1. The van der Waals surface area contributed by atoms with Crippen molar-refractivity contribution >= 4 is 0 Å². The molecule has 0 saturated heterocycles. The van der Waals surface area contributed by atoms with Gasteiger partial charge in [0.1, 0.15) is 0 Å². The molecule has 0 saturated carbocycles. The molecule has 3 heteroatoms. The SMILES string of the molecule is CCC(O)OC=CCCCCCCCF. The van der Waals surface area contributed by atoms with Crippen LogP contribution in [0.3, 0.4) is 0 Å². The number of unbranched alkanes of at least 4 members (excludes halogenated alkanes) is 5. The predicted octanol–water partition coefficient (Wildman–Crippen LogP) is 3.56. The summed E-state index contributed by atoms with van der Waals surface area (Å²) in [5.74, 6) is 0. The number of allylic oxidation sites excluding steroid dienone is 1. The molecule has 0 rings (SSSR count). The number of hydrogen-bond donors (Lipinski definition) is 1. The van der Waals surface area contributed by atoms with Gasteiger partial charge in [0.15, 0.2) is 6.29 Å². The Morgan fingerprint density at radius 2 is 1.87 bits per heavy atom. The van der Waals surface area contributed by atoms with Crippen LogP contribution in [0.25, 0.3) is 0 Å². The third-order valence-electron chi connectivity index (χ3n) is 2.19. The van der Waals surface area contributed by atoms with Crippen LogP contribution in [0.4, 0.5) is 4.39 Å². The molecular weight excluding hydrogens is 195 g/mol. The standard InChI is InChI=1S/C12H23FO2/c1-2-12(14)15-11-9-7-5-3-4-6-8-10-13/h9,11-12,14H,2-8,10H2,1H3. The summed E-state index contributed by atoms with van der Waals surface area (Å²) in [5.41, 5.74) is 0. The van der Waals surface area contributed by atoms with E-state index in [4.69, 9.17) is 9.84 Å². The molecule has 0 bridgehead atoms. The quantitative estimate of drug-likeness (QED) is 0.345. The molecule has 0 aromatic rings. The summed E-state index contributed by atoms with van der Waals surface area (Å²) < 4.78 is 16.7. The van der Waals surface area contributed by atoms with Crippen molar-refractivity contribution in [2.24, 2.45) is 0 Å². The Labute approximate surface area is 92.1 Å². The largest absolute Gasteiger partial charge is 0.473 e. The number of aliphatic hydroxyl groups excluding tert-OH is 1. The second kappa shape index (κ2) is 11.5. The molecule has 0 amide bonds. The minimum Gasteiger partial charge on any atom is -0.473 e. The first kappa shape index (κ1) is 14.4. The summed E-state index contributed by atoms with van der Waals surface area (Å²) in [6.45, 7) is 1.67. The molecular formula is C12H23FO2. The second-order valence-corrected chi connectivity index (χ2v) is 3.62. The van der Waals surface area contributed by atoms with E-state index in [1.54, 1.807) is 6.26 Å². The highest BCUT2D eigenvalue weighted by atomic mass is 19.1. The van der Waals surface area contributed by atoms with E-state index in [2.05, 4.69) is 0 Å². The summed E-state index contributed by atoms with van der Waals surface area (Å²) in [4.78, 5) is 0. The molecule has 1 unspecified atom stereocenters. The summed E-state index contributed by atoms with van der Waals surface area (Å²) in [7, 11) is 0. The maximum absolute atomic E-state index is 11.7. The molecule has 0 heterocycles. The van der Waals surface area contributed by atoms with Gasteiger partial charge in [0.25, 0.3) is 0 Å². The number of halogens is 1. The maximum atomic E-state index is 11.7. The lowest BCUT2D eigenvalue weighted by molar-refractivity contribution is -0.0527. The van der Waals surface area contributed by atoms with Crippen molar-refractivity contribution in [1.82, 2.24) is 0 Å². The van der Waals surface area contributed by atoms with Crippen LogP contribution in [0.15, 0.2) is 12.3 Å². The molecule has 2 nitrogen and oxygen atoms in total. The molecule has 15 heavy (non-hydrogen) atoms. The third-order valence-corrected chi connectivity index (χ3v) is 2.19. The van der Waals surface area contributed by atoms with Crippen LogP contribution in [0, 0.1) is 0 Å². The van der Waals surface area contributed by atoms with E-state index < -0.39 is 6.29 Å². The van der Waals surface area contributed by atoms with Gasteiger partial charge in [0, 0.05) is 6.42 Å². The van der Waals surface area contributed by atoms with Crippen LogP contribution in [-0.2, 0) is 4.74 Å². The zero-order chi connectivity index (χ0) is 11.4. The highest BCUT2D eigenvalue weighted by Crippen LogP contribution is 2.06. The first-order chi connectivity index (χ1) is 7.31. The van der Waals surface area contributed by atoms with Crippen LogP contribution >= 0.6 is 0 Å². The first-order valence-corrected chi connectivity index (χ1v) is 5.85. The van der Waals surface area contributed by atoms with E-state index in [-0.39, 0.29) is 6.67 Å². The smallest absolute Gasteiger partial charge is 0.196 e. The normalized spacial score (nSPS) is 13.3. The fraction of sp³-hybridized carbons (Fsp3) is 0.833. The van der Waals surface area contributed by atoms with E-state index in [0.29, 0.717) is 12.8 Å². The van der Waals surface area contributed by atoms with Crippen LogP contribution in [0.5, 0.6) is 0 Å². The molecule has 0 aliphatic carbocycles. The fourth-order valence-corrected chi connectivity index (χ4v) is 1.20. The molecule has 0 radical (unpaired) electrons. The summed E-state index contributed by atoms with van der Waals surface area (Å²) in [6, 6.07) is 0. The summed E-state index contributed by atoms with van der Waals surface area (Å²) >= 11 is 0. The summed E-state index contributed by atoms with van der Waals surface area (Å²) in [6.07, 6.45) is 9.42. The van der Waals surface area contributed by atoms with E-state index in [9.17, 15) is 4.39 Å². The van der Waals surface area contributed by atoms with Crippen molar-refractivity contribution in [2.45, 2.75) is 58.2 Å². The van der Waals surface area contributed by atoms with Gasteiger partial charge in [-0.25, -0.2) is 0 Å². The van der Waals surface area contributed by atoms with Gasteiger partial charge in [0.05, 0.1) is 12.9 Å². The van der Waals surface area contributed by atoms with E-state index in [1.165, 1.54) is 0 Å². The van der Waals surface area contributed by atoms with Gasteiger partial charge in [-0.1, -0.05) is 26.2 Å². The number of hydrogen-bond acceptors (Lipinski definition) is 2. The van der Waals surface area contributed by atoms with Crippen LogP contribution < -0.4 is 0 Å². The van der Waals surface area contributed by atoms with Crippen molar-refractivity contribution in [1.29, 1.82) is 0 Å². The monoisotopic (exact) mass is 218 g/mol. The molecule has 1 N–H and O–H groups in total. The predicted molar refractivity (Wildman–Crippen MR) is 60.2 cm³/mol. The molecule has 0 fully saturated rings. The molecule has 0 spiro atoms. The maximum Gasteiger partial charge on any atom is 0.196 e. The van der Waals surface area contributed by atoms with Gasteiger partial charge in [-0.3, -0.25) is 4.39 Å². The summed E-state index contributed by atoms with van der Waals surface area (Å²) in [5, 5.41) is 9.05. The van der Waals surface area contributed by atoms with Crippen molar-refractivity contribution in [3.63, 3.8) is 0 Å².